The maximum Gasteiger partial charge on any atom is 0.160 e. The second-order valence-electron chi connectivity index (χ2n) is 7.62. The Balaban J connectivity index is 1.53. The van der Waals surface area contributed by atoms with Gasteiger partial charge in [0.25, 0.3) is 0 Å². The number of rotatable bonds is 7. The van der Waals surface area contributed by atoms with Gasteiger partial charge in [0.15, 0.2) is 5.78 Å². The number of ketones is 1. The Morgan fingerprint density at radius 3 is 2.48 bits per heavy atom. The maximum atomic E-state index is 12.2. The van der Waals surface area contributed by atoms with Crippen LogP contribution in [-0.2, 0) is 17.8 Å². The number of para-hydroxylation sites is 1. The monoisotopic (exact) mass is 362 g/mol. The molecule has 142 valence electrons. The van der Waals surface area contributed by atoms with E-state index in [0.29, 0.717) is 12.1 Å². The van der Waals surface area contributed by atoms with Crippen LogP contribution in [0.4, 0.5) is 5.69 Å². The van der Waals surface area contributed by atoms with Crippen molar-refractivity contribution >= 4 is 17.5 Å². The second kappa shape index (κ2) is 9.52. The van der Waals surface area contributed by atoms with Gasteiger partial charge in [-0.05, 0) is 48.7 Å². The van der Waals surface area contributed by atoms with Crippen molar-refractivity contribution in [3.05, 3.63) is 71.3 Å². The third-order valence-corrected chi connectivity index (χ3v) is 5.49. The van der Waals surface area contributed by atoms with E-state index in [1.54, 1.807) is 6.08 Å². The number of carbonyl (C=O) groups excluding carboxylic acids is 1. The van der Waals surface area contributed by atoms with Gasteiger partial charge < -0.3 is 5.73 Å². The first-order chi connectivity index (χ1) is 13.1. The fourth-order valence-electron chi connectivity index (χ4n) is 3.80. The SMILES string of the molecule is CN(Cc1ccc(/C=C/C(=O)Cc2ccccc2N)cc1)C1CCCCC1. The molecule has 0 radical (unpaired) electrons. The fourth-order valence-corrected chi connectivity index (χ4v) is 3.80. The highest BCUT2D eigenvalue weighted by Crippen LogP contribution is 2.23. The molecule has 1 fully saturated rings. The van der Waals surface area contributed by atoms with Crippen molar-refractivity contribution in [2.24, 2.45) is 0 Å². The summed E-state index contributed by atoms with van der Waals surface area (Å²) >= 11 is 0. The number of hydrogen-bond donors (Lipinski definition) is 1. The zero-order valence-electron chi connectivity index (χ0n) is 16.2. The van der Waals surface area contributed by atoms with Crippen molar-refractivity contribution in [1.29, 1.82) is 0 Å². The van der Waals surface area contributed by atoms with Gasteiger partial charge in [0, 0.05) is 24.7 Å². The van der Waals surface area contributed by atoms with Gasteiger partial charge in [-0.25, -0.2) is 0 Å². The number of carbonyl (C=O) groups is 1. The van der Waals surface area contributed by atoms with Gasteiger partial charge in [-0.2, -0.15) is 0 Å². The molecule has 0 aromatic heterocycles. The molecule has 3 heteroatoms. The summed E-state index contributed by atoms with van der Waals surface area (Å²) in [5, 5.41) is 0. The quantitative estimate of drug-likeness (QED) is 0.565. The molecule has 0 aliphatic heterocycles. The van der Waals surface area contributed by atoms with Crippen LogP contribution in [0, 0.1) is 0 Å². The highest BCUT2D eigenvalue weighted by Gasteiger charge is 2.17. The van der Waals surface area contributed by atoms with Gasteiger partial charge in [0.05, 0.1) is 0 Å². The first-order valence-electron chi connectivity index (χ1n) is 9.95. The minimum absolute atomic E-state index is 0.0639. The zero-order chi connectivity index (χ0) is 19.1. The molecule has 2 aromatic carbocycles. The van der Waals surface area contributed by atoms with Crippen molar-refractivity contribution in [2.45, 2.75) is 51.1 Å². The molecule has 3 nitrogen and oxygen atoms in total. The minimum Gasteiger partial charge on any atom is -0.398 e. The van der Waals surface area contributed by atoms with Crippen LogP contribution >= 0.6 is 0 Å². The molecular weight excluding hydrogens is 332 g/mol. The van der Waals surface area contributed by atoms with E-state index in [2.05, 4.69) is 36.2 Å². The maximum absolute atomic E-state index is 12.2. The van der Waals surface area contributed by atoms with Crippen LogP contribution in [0.15, 0.2) is 54.6 Å². The molecule has 0 spiro atoms. The standard InChI is InChI=1S/C24H30N2O/c1-26(22-8-3-2-4-9-22)18-20-13-11-19(12-14-20)15-16-23(27)17-21-7-5-6-10-24(21)25/h5-7,10-16,22H,2-4,8-9,17-18,25H2,1H3/b16-15+. The summed E-state index contributed by atoms with van der Waals surface area (Å²) < 4.78 is 0. The van der Waals surface area contributed by atoms with E-state index in [4.69, 9.17) is 5.73 Å². The lowest BCUT2D eigenvalue weighted by Gasteiger charge is -2.31. The van der Waals surface area contributed by atoms with Crippen LogP contribution in [0.2, 0.25) is 0 Å². The molecule has 0 unspecified atom stereocenters. The Kier molecular flexibility index (Phi) is 6.83. The van der Waals surface area contributed by atoms with Gasteiger partial charge in [-0.1, -0.05) is 67.8 Å². The third kappa shape index (κ3) is 5.80. The van der Waals surface area contributed by atoms with Gasteiger partial charge >= 0.3 is 0 Å². The molecule has 2 N–H and O–H groups in total. The number of nitrogen functional groups attached to an aromatic ring is 1. The molecule has 1 aliphatic carbocycles. The number of nitrogens with two attached hydrogens (primary N) is 1. The summed E-state index contributed by atoms with van der Waals surface area (Å²) in [5.41, 5.74) is 9.83. The number of allylic oxidation sites excluding steroid dienone is 1. The fraction of sp³-hybridized carbons (Fsp3) is 0.375. The average Bonchev–Trinajstić information content (AvgIpc) is 2.70. The van der Waals surface area contributed by atoms with Crippen molar-refractivity contribution in [1.82, 2.24) is 4.90 Å². The first kappa shape index (κ1) is 19.4. The highest BCUT2D eigenvalue weighted by molar-refractivity contribution is 5.95. The Morgan fingerprint density at radius 1 is 1.07 bits per heavy atom. The molecule has 1 saturated carbocycles. The van der Waals surface area contributed by atoms with Crippen LogP contribution in [0.25, 0.3) is 6.08 Å². The molecule has 27 heavy (non-hydrogen) atoms. The molecule has 0 amide bonds. The van der Waals surface area contributed by atoms with E-state index in [9.17, 15) is 4.79 Å². The van der Waals surface area contributed by atoms with Crippen molar-refractivity contribution in [3.8, 4) is 0 Å². The zero-order valence-corrected chi connectivity index (χ0v) is 16.2. The lowest BCUT2D eigenvalue weighted by molar-refractivity contribution is -0.113. The van der Waals surface area contributed by atoms with Crippen LogP contribution in [0.1, 0.15) is 48.8 Å². The van der Waals surface area contributed by atoms with Crippen LogP contribution in [0.3, 0.4) is 0 Å². The minimum atomic E-state index is 0.0639. The summed E-state index contributed by atoms with van der Waals surface area (Å²) in [6, 6.07) is 16.8. The summed E-state index contributed by atoms with van der Waals surface area (Å²) in [4.78, 5) is 14.7. The van der Waals surface area contributed by atoms with E-state index < -0.39 is 0 Å². The number of nitrogens with zero attached hydrogens (tertiary/aromatic N) is 1. The molecular formula is C24H30N2O. The van der Waals surface area contributed by atoms with Crippen molar-refractivity contribution in [2.75, 3.05) is 12.8 Å². The number of hydrogen-bond acceptors (Lipinski definition) is 3. The van der Waals surface area contributed by atoms with E-state index in [0.717, 1.165) is 23.7 Å². The lowest BCUT2D eigenvalue weighted by Crippen LogP contribution is -2.32. The molecule has 0 bridgehead atoms. The first-order valence-corrected chi connectivity index (χ1v) is 9.95. The van der Waals surface area contributed by atoms with Crippen molar-refractivity contribution in [3.63, 3.8) is 0 Å². The summed E-state index contributed by atoms with van der Waals surface area (Å²) in [5.74, 6) is 0.0639. The Hall–Kier alpha value is -2.39. The topological polar surface area (TPSA) is 46.3 Å². The summed E-state index contributed by atoms with van der Waals surface area (Å²) in [6.45, 7) is 0.987. The third-order valence-electron chi connectivity index (χ3n) is 5.49. The van der Waals surface area contributed by atoms with Crippen molar-refractivity contribution < 1.29 is 4.79 Å². The highest BCUT2D eigenvalue weighted by atomic mass is 16.1. The van der Waals surface area contributed by atoms with Crippen LogP contribution in [-0.4, -0.2) is 23.8 Å². The largest absolute Gasteiger partial charge is 0.398 e. The smallest absolute Gasteiger partial charge is 0.160 e. The van der Waals surface area contributed by atoms with Gasteiger partial charge in [0.2, 0.25) is 0 Å². The molecule has 0 heterocycles. The second-order valence-corrected chi connectivity index (χ2v) is 7.62. The Labute approximate surface area is 162 Å². The average molecular weight is 363 g/mol. The van der Waals surface area contributed by atoms with Crippen LogP contribution in [0.5, 0.6) is 0 Å². The van der Waals surface area contributed by atoms with E-state index in [-0.39, 0.29) is 5.78 Å². The molecule has 3 rings (SSSR count). The van der Waals surface area contributed by atoms with E-state index in [1.165, 1.54) is 37.7 Å². The summed E-state index contributed by atoms with van der Waals surface area (Å²) in [6.07, 6.45) is 10.6. The normalized spacial score (nSPS) is 15.5. The predicted molar refractivity (Wildman–Crippen MR) is 113 cm³/mol. The van der Waals surface area contributed by atoms with Gasteiger partial charge in [-0.15, -0.1) is 0 Å². The predicted octanol–water partition coefficient (Wildman–Crippen LogP) is 4.86. The Morgan fingerprint density at radius 2 is 1.78 bits per heavy atom. The Bertz CT molecular complexity index is 773. The van der Waals surface area contributed by atoms with Gasteiger partial charge in [-0.3, -0.25) is 9.69 Å². The molecule has 1 aliphatic rings. The number of anilines is 1. The van der Waals surface area contributed by atoms with Gasteiger partial charge in [0.1, 0.15) is 0 Å². The lowest BCUT2D eigenvalue weighted by atomic mass is 9.94. The molecule has 0 atom stereocenters. The molecule has 0 saturated heterocycles. The van der Waals surface area contributed by atoms with E-state index >= 15 is 0 Å². The summed E-state index contributed by atoms with van der Waals surface area (Å²) in [7, 11) is 2.23. The van der Waals surface area contributed by atoms with Crippen LogP contribution < -0.4 is 5.73 Å². The molecule has 2 aromatic rings. The van der Waals surface area contributed by atoms with E-state index in [1.807, 2.05) is 30.3 Å². The number of benzene rings is 2.